The number of benzene rings is 1. The van der Waals surface area contributed by atoms with E-state index in [4.69, 9.17) is 16.3 Å². The van der Waals surface area contributed by atoms with Gasteiger partial charge in [0.2, 0.25) is 0 Å². The molecule has 18 heavy (non-hydrogen) atoms. The van der Waals surface area contributed by atoms with Crippen LogP contribution in [-0.2, 0) is 4.74 Å². The van der Waals surface area contributed by atoms with E-state index in [1.807, 2.05) is 12.1 Å². The van der Waals surface area contributed by atoms with Gasteiger partial charge in [0.25, 0.3) is 0 Å². The maximum atomic E-state index is 11.4. The molecule has 2 unspecified atom stereocenters. The second-order valence-corrected chi connectivity index (χ2v) is 5.27. The number of halogens is 1. The summed E-state index contributed by atoms with van der Waals surface area (Å²) in [6.07, 6.45) is 0.215. The lowest BCUT2D eigenvalue weighted by atomic mass is 10.1. The summed E-state index contributed by atoms with van der Waals surface area (Å²) in [6.45, 7) is 7.27. The van der Waals surface area contributed by atoms with Crippen molar-refractivity contribution >= 4 is 23.1 Å². The average molecular weight is 268 g/mol. The third kappa shape index (κ3) is 2.68. The summed E-state index contributed by atoms with van der Waals surface area (Å²) in [5.74, 6) is -0.00468. The maximum Gasteiger partial charge on any atom is 0.161 e. The van der Waals surface area contributed by atoms with Crippen LogP contribution in [-0.4, -0.2) is 31.1 Å². The molecule has 1 aliphatic rings. The summed E-state index contributed by atoms with van der Waals surface area (Å²) in [5, 5.41) is 0.520. The number of ketones is 1. The van der Waals surface area contributed by atoms with Gasteiger partial charge in [0, 0.05) is 23.8 Å². The highest BCUT2D eigenvalue weighted by atomic mass is 35.5. The van der Waals surface area contributed by atoms with E-state index in [-0.39, 0.29) is 11.9 Å². The van der Waals surface area contributed by atoms with Gasteiger partial charge in [-0.25, -0.2) is 0 Å². The Bertz CT molecular complexity index is 461. The van der Waals surface area contributed by atoms with Crippen molar-refractivity contribution in [1.29, 1.82) is 0 Å². The standard InChI is InChI=1S/C14H18ClNO2/c1-9-8-18-10(2)7-16(9)12-4-5-13(11(3)17)14(15)6-12/h4-6,9-10H,7-8H2,1-3H3. The van der Waals surface area contributed by atoms with Gasteiger partial charge in [0.1, 0.15) is 0 Å². The molecule has 1 aromatic carbocycles. The lowest BCUT2D eigenvalue weighted by Gasteiger charge is -2.38. The molecule has 1 heterocycles. The van der Waals surface area contributed by atoms with E-state index in [0.717, 1.165) is 12.2 Å². The van der Waals surface area contributed by atoms with Crippen molar-refractivity contribution in [2.75, 3.05) is 18.1 Å². The summed E-state index contributed by atoms with van der Waals surface area (Å²) < 4.78 is 5.61. The quantitative estimate of drug-likeness (QED) is 0.771. The van der Waals surface area contributed by atoms with Crippen molar-refractivity contribution in [2.45, 2.75) is 32.9 Å². The Morgan fingerprint density at radius 3 is 2.78 bits per heavy atom. The Balaban J connectivity index is 2.28. The number of hydrogen-bond acceptors (Lipinski definition) is 3. The third-order valence-electron chi connectivity index (χ3n) is 3.27. The minimum Gasteiger partial charge on any atom is -0.375 e. The first-order chi connectivity index (χ1) is 8.49. The van der Waals surface area contributed by atoms with Crippen LogP contribution in [0.4, 0.5) is 5.69 Å². The molecule has 0 amide bonds. The molecule has 1 saturated heterocycles. The minimum absolute atomic E-state index is 0.00468. The molecule has 0 radical (unpaired) electrons. The molecule has 0 aliphatic carbocycles. The summed E-state index contributed by atoms with van der Waals surface area (Å²) in [6, 6.07) is 5.94. The minimum atomic E-state index is -0.00468. The summed E-state index contributed by atoms with van der Waals surface area (Å²) in [4.78, 5) is 13.6. The lowest BCUT2D eigenvalue weighted by Crippen LogP contribution is -2.47. The summed E-state index contributed by atoms with van der Waals surface area (Å²) >= 11 is 6.15. The van der Waals surface area contributed by atoms with Crippen molar-refractivity contribution < 1.29 is 9.53 Å². The van der Waals surface area contributed by atoms with E-state index >= 15 is 0 Å². The highest BCUT2D eigenvalue weighted by molar-refractivity contribution is 6.34. The van der Waals surface area contributed by atoms with Crippen molar-refractivity contribution in [3.05, 3.63) is 28.8 Å². The van der Waals surface area contributed by atoms with Gasteiger partial charge >= 0.3 is 0 Å². The molecule has 0 aromatic heterocycles. The zero-order valence-electron chi connectivity index (χ0n) is 10.9. The smallest absolute Gasteiger partial charge is 0.161 e. The molecule has 2 rings (SSSR count). The van der Waals surface area contributed by atoms with E-state index in [9.17, 15) is 4.79 Å². The predicted octanol–water partition coefficient (Wildman–Crippen LogP) is 3.16. The second-order valence-electron chi connectivity index (χ2n) is 4.87. The van der Waals surface area contributed by atoms with Gasteiger partial charge in [-0.05, 0) is 39.0 Å². The van der Waals surface area contributed by atoms with E-state index in [2.05, 4.69) is 18.7 Å². The van der Waals surface area contributed by atoms with Crippen LogP contribution in [0.1, 0.15) is 31.1 Å². The molecule has 4 heteroatoms. The molecule has 2 atom stereocenters. The molecular formula is C14H18ClNO2. The first kappa shape index (κ1) is 13.4. The van der Waals surface area contributed by atoms with Gasteiger partial charge < -0.3 is 9.64 Å². The van der Waals surface area contributed by atoms with Crippen LogP contribution in [0.15, 0.2) is 18.2 Å². The number of Topliss-reactive ketones (excluding diaryl/α,β-unsaturated/α-hetero) is 1. The summed E-state index contributed by atoms with van der Waals surface area (Å²) in [7, 11) is 0. The zero-order chi connectivity index (χ0) is 13.3. The topological polar surface area (TPSA) is 29.5 Å². The van der Waals surface area contributed by atoms with Crippen LogP contribution in [0.25, 0.3) is 0 Å². The molecule has 0 N–H and O–H groups in total. The van der Waals surface area contributed by atoms with Crippen LogP contribution < -0.4 is 4.90 Å². The SMILES string of the molecule is CC(=O)c1ccc(N2CC(C)OCC2C)cc1Cl. The lowest BCUT2D eigenvalue weighted by molar-refractivity contribution is 0.0344. The number of ether oxygens (including phenoxy) is 1. The predicted molar refractivity (Wildman–Crippen MR) is 73.7 cm³/mol. The van der Waals surface area contributed by atoms with Gasteiger partial charge in [0.15, 0.2) is 5.78 Å². The van der Waals surface area contributed by atoms with Crippen molar-refractivity contribution in [2.24, 2.45) is 0 Å². The number of rotatable bonds is 2. The molecule has 1 fully saturated rings. The van der Waals surface area contributed by atoms with Crippen molar-refractivity contribution in [3.63, 3.8) is 0 Å². The van der Waals surface area contributed by atoms with Crippen LogP contribution in [0, 0.1) is 0 Å². The highest BCUT2D eigenvalue weighted by Crippen LogP contribution is 2.27. The van der Waals surface area contributed by atoms with Crippen LogP contribution in [0.2, 0.25) is 5.02 Å². The number of carbonyl (C=O) groups excluding carboxylic acids is 1. The van der Waals surface area contributed by atoms with E-state index < -0.39 is 0 Å². The Morgan fingerprint density at radius 1 is 1.44 bits per heavy atom. The zero-order valence-corrected chi connectivity index (χ0v) is 11.7. The van der Waals surface area contributed by atoms with Gasteiger partial charge in [-0.2, -0.15) is 0 Å². The van der Waals surface area contributed by atoms with Gasteiger partial charge in [-0.1, -0.05) is 11.6 Å². The Kier molecular flexibility index (Phi) is 3.93. The van der Waals surface area contributed by atoms with E-state index in [1.54, 1.807) is 6.07 Å². The molecule has 0 bridgehead atoms. The van der Waals surface area contributed by atoms with Gasteiger partial charge in [-0.15, -0.1) is 0 Å². The van der Waals surface area contributed by atoms with Crippen molar-refractivity contribution in [1.82, 2.24) is 0 Å². The molecule has 1 aromatic rings. The van der Waals surface area contributed by atoms with E-state index in [0.29, 0.717) is 23.2 Å². The molecule has 1 aliphatic heterocycles. The maximum absolute atomic E-state index is 11.4. The molecule has 0 spiro atoms. The fourth-order valence-electron chi connectivity index (χ4n) is 2.23. The average Bonchev–Trinajstić information content (AvgIpc) is 2.31. The fraction of sp³-hybridized carbons (Fsp3) is 0.500. The normalized spacial score (nSPS) is 24.1. The fourth-order valence-corrected chi connectivity index (χ4v) is 2.54. The van der Waals surface area contributed by atoms with E-state index in [1.165, 1.54) is 6.92 Å². The Hall–Kier alpha value is -1.06. The number of morpholine rings is 1. The molecule has 3 nitrogen and oxygen atoms in total. The van der Waals surface area contributed by atoms with Crippen LogP contribution in [0.5, 0.6) is 0 Å². The van der Waals surface area contributed by atoms with Crippen LogP contribution in [0.3, 0.4) is 0 Å². The van der Waals surface area contributed by atoms with Gasteiger partial charge in [0.05, 0.1) is 17.7 Å². The van der Waals surface area contributed by atoms with Gasteiger partial charge in [-0.3, -0.25) is 4.79 Å². The highest BCUT2D eigenvalue weighted by Gasteiger charge is 2.24. The number of nitrogens with zero attached hydrogens (tertiary/aromatic N) is 1. The number of anilines is 1. The monoisotopic (exact) mass is 267 g/mol. The molecule has 98 valence electrons. The molecule has 0 saturated carbocycles. The van der Waals surface area contributed by atoms with Crippen molar-refractivity contribution in [3.8, 4) is 0 Å². The number of hydrogen-bond donors (Lipinski definition) is 0. The Morgan fingerprint density at radius 2 is 2.17 bits per heavy atom. The largest absolute Gasteiger partial charge is 0.375 e. The summed E-state index contributed by atoms with van der Waals surface area (Å²) in [5.41, 5.74) is 1.63. The van der Waals surface area contributed by atoms with Crippen LogP contribution >= 0.6 is 11.6 Å². The number of carbonyl (C=O) groups is 1. The second kappa shape index (κ2) is 5.29. The third-order valence-corrected chi connectivity index (χ3v) is 3.58. The first-order valence-corrected chi connectivity index (χ1v) is 6.55. The first-order valence-electron chi connectivity index (χ1n) is 6.17. The molecular weight excluding hydrogens is 250 g/mol. The Labute approximate surface area is 113 Å².